The Morgan fingerprint density at radius 1 is 1.33 bits per heavy atom. The molecule has 0 unspecified atom stereocenters. The Labute approximate surface area is 179 Å². The SMILES string of the molecule is CCc1ccccc1NC(=O)c1nn2c(c1Cl)N[C@H](c1cccs1)C[C@H]2C(F)(F)F. The van der Waals surface area contributed by atoms with Crippen molar-refractivity contribution in [1.29, 1.82) is 0 Å². The lowest BCUT2D eigenvalue weighted by atomic mass is 10.0. The minimum Gasteiger partial charge on any atom is -0.361 e. The van der Waals surface area contributed by atoms with Crippen LogP contribution in [-0.2, 0) is 6.42 Å². The smallest absolute Gasteiger partial charge is 0.361 e. The summed E-state index contributed by atoms with van der Waals surface area (Å²) in [6.45, 7) is 1.94. The first-order valence-electron chi connectivity index (χ1n) is 9.33. The highest BCUT2D eigenvalue weighted by molar-refractivity contribution is 7.10. The second kappa shape index (κ2) is 7.96. The summed E-state index contributed by atoms with van der Waals surface area (Å²) in [5.74, 6) is -0.657. The Balaban J connectivity index is 1.70. The molecule has 158 valence electrons. The summed E-state index contributed by atoms with van der Waals surface area (Å²) in [6.07, 6.45) is -4.09. The molecule has 1 aromatic carbocycles. The van der Waals surface area contributed by atoms with Gasteiger partial charge in [-0.15, -0.1) is 11.3 Å². The first-order chi connectivity index (χ1) is 14.3. The van der Waals surface area contributed by atoms with E-state index in [1.54, 1.807) is 29.6 Å². The minimum atomic E-state index is -4.54. The quantitative estimate of drug-likeness (QED) is 0.502. The summed E-state index contributed by atoms with van der Waals surface area (Å²) in [5, 5.41) is 11.4. The predicted octanol–water partition coefficient (Wildman–Crippen LogP) is 6.07. The molecular formula is C20H18ClF3N4OS. The maximum atomic E-state index is 13.8. The highest BCUT2D eigenvalue weighted by Crippen LogP contribution is 2.46. The van der Waals surface area contributed by atoms with Crippen LogP contribution in [-0.4, -0.2) is 21.9 Å². The number of alkyl halides is 3. The lowest BCUT2D eigenvalue weighted by molar-refractivity contribution is -0.173. The van der Waals surface area contributed by atoms with Gasteiger partial charge in [0.25, 0.3) is 5.91 Å². The van der Waals surface area contributed by atoms with Gasteiger partial charge in [0.15, 0.2) is 11.7 Å². The number of benzene rings is 1. The van der Waals surface area contributed by atoms with Gasteiger partial charge >= 0.3 is 6.18 Å². The molecule has 30 heavy (non-hydrogen) atoms. The molecular weight excluding hydrogens is 437 g/mol. The number of carbonyl (C=O) groups is 1. The van der Waals surface area contributed by atoms with Crippen LogP contribution in [0.3, 0.4) is 0 Å². The molecule has 2 aromatic heterocycles. The maximum Gasteiger partial charge on any atom is 0.410 e. The minimum absolute atomic E-state index is 0.00225. The number of hydrogen-bond donors (Lipinski definition) is 2. The predicted molar refractivity (Wildman–Crippen MR) is 111 cm³/mol. The molecule has 2 N–H and O–H groups in total. The van der Waals surface area contributed by atoms with Gasteiger partial charge in [-0.3, -0.25) is 4.79 Å². The molecule has 1 aliphatic rings. The van der Waals surface area contributed by atoms with Crippen molar-refractivity contribution in [1.82, 2.24) is 9.78 Å². The van der Waals surface area contributed by atoms with Crippen LogP contribution >= 0.6 is 22.9 Å². The number of amides is 1. The maximum absolute atomic E-state index is 13.8. The molecule has 0 saturated heterocycles. The number of anilines is 2. The van der Waals surface area contributed by atoms with Crippen molar-refractivity contribution >= 4 is 40.4 Å². The molecule has 0 fully saturated rings. The van der Waals surface area contributed by atoms with E-state index in [9.17, 15) is 18.0 Å². The van der Waals surface area contributed by atoms with Crippen LogP contribution in [0.4, 0.5) is 24.7 Å². The number of nitrogens with one attached hydrogen (secondary N) is 2. The second-order valence-corrected chi connectivity index (χ2v) is 8.28. The van der Waals surface area contributed by atoms with E-state index in [0.29, 0.717) is 12.1 Å². The summed E-state index contributed by atoms with van der Waals surface area (Å²) in [7, 11) is 0. The van der Waals surface area contributed by atoms with Crippen LogP contribution in [0.5, 0.6) is 0 Å². The molecule has 0 aliphatic carbocycles. The van der Waals surface area contributed by atoms with Crippen LogP contribution in [0, 0.1) is 0 Å². The average Bonchev–Trinajstić information content (AvgIpc) is 3.35. The summed E-state index contributed by atoms with van der Waals surface area (Å²) in [5.41, 5.74) is 1.23. The van der Waals surface area contributed by atoms with Crippen molar-refractivity contribution in [2.45, 2.75) is 38.0 Å². The summed E-state index contributed by atoms with van der Waals surface area (Å²) in [4.78, 5) is 13.6. The van der Waals surface area contributed by atoms with E-state index in [0.717, 1.165) is 15.1 Å². The van der Waals surface area contributed by atoms with Crippen molar-refractivity contribution in [2.75, 3.05) is 10.6 Å². The van der Waals surface area contributed by atoms with Gasteiger partial charge in [0.2, 0.25) is 0 Å². The van der Waals surface area contributed by atoms with Gasteiger partial charge in [0, 0.05) is 17.0 Å². The normalized spacial score (nSPS) is 18.6. The van der Waals surface area contributed by atoms with E-state index >= 15 is 0 Å². The first-order valence-corrected chi connectivity index (χ1v) is 10.6. The van der Waals surface area contributed by atoms with Crippen LogP contribution in [0.1, 0.15) is 46.4 Å². The zero-order valence-electron chi connectivity index (χ0n) is 15.8. The van der Waals surface area contributed by atoms with E-state index in [-0.39, 0.29) is 23.0 Å². The standard InChI is InChI=1S/C20H18ClF3N4OS/c1-2-11-6-3-4-7-12(11)26-19(29)17-16(21)18-25-13(14-8-5-9-30-14)10-15(20(22,23)24)28(18)27-17/h3-9,13,15,25H,2,10H2,1H3,(H,26,29)/t13-,15-/m0/s1. The average molecular weight is 455 g/mol. The number of hydrogen-bond acceptors (Lipinski definition) is 4. The topological polar surface area (TPSA) is 59.0 Å². The molecule has 10 heteroatoms. The highest BCUT2D eigenvalue weighted by atomic mass is 35.5. The molecule has 0 saturated carbocycles. The molecule has 0 spiro atoms. The molecule has 5 nitrogen and oxygen atoms in total. The van der Waals surface area contributed by atoms with Gasteiger partial charge in [-0.2, -0.15) is 18.3 Å². The van der Waals surface area contributed by atoms with Gasteiger partial charge in [0.1, 0.15) is 10.8 Å². The fourth-order valence-electron chi connectivity index (χ4n) is 3.54. The lowest BCUT2D eigenvalue weighted by Crippen LogP contribution is -2.35. The van der Waals surface area contributed by atoms with Gasteiger partial charge in [-0.05, 0) is 29.5 Å². The van der Waals surface area contributed by atoms with E-state index in [2.05, 4.69) is 15.7 Å². The Morgan fingerprint density at radius 3 is 2.77 bits per heavy atom. The van der Waals surface area contributed by atoms with Gasteiger partial charge in [-0.25, -0.2) is 4.68 Å². The monoisotopic (exact) mass is 454 g/mol. The van der Waals surface area contributed by atoms with Crippen molar-refractivity contribution < 1.29 is 18.0 Å². The molecule has 0 bridgehead atoms. The summed E-state index contributed by atoms with van der Waals surface area (Å²) in [6, 6.07) is 8.29. The Hall–Kier alpha value is -2.52. The van der Waals surface area contributed by atoms with E-state index in [1.165, 1.54) is 11.3 Å². The number of rotatable bonds is 4. The first kappa shape index (κ1) is 20.7. The number of aryl methyl sites for hydroxylation is 1. The van der Waals surface area contributed by atoms with E-state index < -0.39 is 24.2 Å². The molecule has 4 rings (SSSR count). The third-order valence-electron chi connectivity index (χ3n) is 5.04. The van der Waals surface area contributed by atoms with Crippen molar-refractivity contribution in [3.05, 3.63) is 62.9 Å². The number of aromatic nitrogens is 2. The van der Waals surface area contributed by atoms with Crippen LogP contribution in [0.2, 0.25) is 5.02 Å². The second-order valence-electron chi connectivity index (χ2n) is 6.93. The summed E-state index contributed by atoms with van der Waals surface area (Å²) >= 11 is 7.71. The van der Waals surface area contributed by atoms with Gasteiger partial charge < -0.3 is 10.6 Å². The highest BCUT2D eigenvalue weighted by Gasteiger charge is 2.48. The fourth-order valence-corrected chi connectivity index (χ4v) is 4.60. The van der Waals surface area contributed by atoms with Crippen molar-refractivity contribution in [3.8, 4) is 0 Å². The summed E-state index contributed by atoms with van der Waals surface area (Å²) < 4.78 is 42.2. The van der Waals surface area contributed by atoms with Crippen LogP contribution < -0.4 is 10.6 Å². The molecule has 1 amide bonds. The zero-order chi connectivity index (χ0) is 21.5. The van der Waals surface area contributed by atoms with Crippen molar-refractivity contribution in [3.63, 3.8) is 0 Å². The van der Waals surface area contributed by atoms with E-state index in [4.69, 9.17) is 11.6 Å². The van der Waals surface area contributed by atoms with Crippen molar-refractivity contribution in [2.24, 2.45) is 0 Å². The Bertz CT molecular complexity index is 1060. The van der Waals surface area contributed by atoms with Gasteiger partial charge in [-0.1, -0.05) is 42.8 Å². The molecule has 3 aromatic rings. The number of fused-ring (bicyclic) bond motifs is 1. The Kier molecular flexibility index (Phi) is 5.50. The molecule has 2 atom stereocenters. The van der Waals surface area contributed by atoms with E-state index in [1.807, 2.05) is 19.1 Å². The fraction of sp³-hybridized carbons (Fsp3) is 0.300. The number of para-hydroxylation sites is 1. The number of thiophene rings is 1. The number of carbonyl (C=O) groups excluding carboxylic acids is 1. The molecule has 3 heterocycles. The van der Waals surface area contributed by atoms with Gasteiger partial charge in [0.05, 0.1) is 6.04 Å². The van der Waals surface area contributed by atoms with Crippen LogP contribution in [0.15, 0.2) is 41.8 Å². The molecule has 1 aliphatic heterocycles. The third-order valence-corrected chi connectivity index (χ3v) is 6.39. The zero-order valence-corrected chi connectivity index (χ0v) is 17.4. The Morgan fingerprint density at radius 2 is 2.10 bits per heavy atom. The van der Waals surface area contributed by atoms with Crippen LogP contribution in [0.25, 0.3) is 0 Å². The lowest BCUT2D eigenvalue weighted by Gasteiger charge is -2.32. The third kappa shape index (κ3) is 3.79. The molecule has 0 radical (unpaired) electrons. The largest absolute Gasteiger partial charge is 0.410 e. The number of nitrogens with zero attached hydrogens (tertiary/aromatic N) is 2. The number of halogens is 4.